The lowest BCUT2D eigenvalue weighted by atomic mass is 9.88. The number of aliphatic imine (C=N–C) groups is 1. The van der Waals surface area contributed by atoms with E-state index < -0.39 is 0 Å². The zero-order valence-electron chi connectivity index (χ0n) is 11.1. The number of allylic oxidation sites excluding steroid dienone is 5. The minimum absolute atomic E-state index is 1.03. The van der Waals surface area contributed by atoms with Crippen molar-refractivity contribution in [3.05, 3.63) is 46.7 Å². The first kappa shape index (κ1) is 12.1. The highest BCUT2D eigenvalue weighted by molar-refractivity contribution is 5.89. The molecule has 0 aromatic carbocycles. The van der Waals surface area contributed by atoms with Gasteiger partial charge in [-0.15, -0.1) is 0 Å². The molecule has 0 aromatic rings. The summed E-state index contributed by atoms with van der Waals surface area (Å²) in [6, 6.07) is 0. The van der Waals surface area contributed by atoms with Crippen LogP contribution < -0.4 is 0 Å². The Labute approximate surface area is 104 Å². The Morgan fingerprint density at radius 2 is 2.12 bits per heavy atom. The van der Waals surface area contributed by atoms with Crippen LogP contribution in [0.2, 0.25) is 0 Å². The third kappa shape index (κ3) is 2.33. The Hall–Kier alpha value is -1.37. The third-order valence-corrected chi connectivity index (χ3v) is 3.60. The van der Waals surface area contributed by atoms with E-state index in [1.807, 2.05) is 6.08 Å². The molecule has 1 aliphatic carbocycles. The fraction of sp³-hybridized carbons (Fsp3) is 0.438. The minimum atomic E-state index is 1.03. The van der Waals surface area contributed by atoms with Crippen molar-refractivity contribution in [2.75, 3.05) is 0 Å². The highest BCUT2D eigenvalue weighted by Crippen LogP contribution is 2.35. The number of rotatable bonds is 3. The lowest BCUT2D eigenvalue weighted by Gasteiger charge is -2.18. The maximum Gasteiger partial charge on any atom is 0.0694 e. The van der Waals surface area contributed by atoms with Crippen LogP contribution in [0.25, 0.3) is 0 Å². The fourth-order valence-corrected chi connectivity index (χ4v) is 2.64. The van der Waals surface area contributed by atoms with E-state index >= 15 is 0 Å². The van der Waals surface area contributed by atoms with Crippen LogP contribution in [0.15, 0.2) is 51.7 Å². The highest BCUT2D eigenvalue weighted by Gasteiger charge is 2.19. The Morgan fingerprint density at radius 1 is 1.35 bits per heavy atom. The van der Waals surface area contributed by atoms with E-state index in [9.17, 15) is 0 Å². The van der Waals surface area contributed by atoms with Gasteiger partial charge in [-0.05, 0) is 55.9 Å². The van der Waals surface area contributed by atoms with Gasteiger partial charge in [0.1, 0.15) is 0 Å². The largest absolute Gasteiger partial charge is 0.257 e. The van der Waals surface area contributed by atoms with Crippen molar-refractivity contribution in [3.8, 4) is 0 Å². The van der Waals surface area contributed by atoms with Gasteiger partial charge in [-0.1, -0.05) is 25.2 Å². The Morgan fingerprint density at radius 3 is 2.65 bits per heavy atom. The Kier molecular flexibility index (Phi) is 3.46. The van der Waals surface area contributed by atoms with Gasteiger partial charge in [-0.25, -0.2) is 0 Å². The van der Waals surface area contributed by atoms with E-state index in [2.05, 4.69) is 33.4 Å². The number of hydrogen-bond donors (Lipinski definition) is 0. The lowest BCUT2D eigenvalue weighted by molar-refractivity contribution is 0.854. The quantitative estimate of drug-likeness (QED) is 0.660. The molecule has 0 spiro atoms. The van der Waals surface area contributed by atoms with Crippen LogP contribution in [0.3, 0.4) is 0 Å². The molecule has 0 amide bonds. The Bertz CT molecular complexity index is 470. The van der Waals surface area contributed by atoms with Crippen molar-refractivity contribution in [2.24, 2.45) is 4.99 Å². The van der Waals surface area contributed by atoms with Gasteiger partial charge >= 0.3 is 0 Å². The summed E-state index contributed by atoms with van der Waals surface area (Å²) in [6.45, 7) is 10.4. The summed E-state index contributed by atoms with van der Waals surface area (Å²) in [7, 11) is 0. The molecule has 0 fully saturated rings. The molecule has 1 heterocycles. The fourth-order valence-electron chi connectivity index (χ4n) is 2.64. The topological polar surface area (TPSA) is 12.4 Å². The van der Waals surface area contributed by atoms with Crippen LogP contribution in [0.1, 0.15) is 46.5 Å². The lowest BCUT2D eigenvalue weighted by Crippen LogP contribution is -2.00. The molecule has 17 heavy (non-hydrogen) atoms. The second-order valence-electron chi connectivity index (χ2n) is 4.95. The maximum absolute atomic E-state index is 4.72. The first-order chi connectivity index (χ1) is 8.15. The van der Waals surface area contributed by atoms with Gasteiger partial charge in [-0.2, -0.15) is 0 Å². The predicted octanol–water partition coefficient (Wildman–Crippen LogP) is 4.74. The Balaban J connectivity index is 2.47. The number of hydrogen-bond acceptors (Lipinski definition) is 1. The third-order valence-electron chi connectivity index (χ3n) is 3.60. The van der Waals surface area contributed by atoms with Crippen LogP contribution in [-0.4, -0.2) is 5.71 Å². The van der Waals surface area contributed by atoms with E-state index in [4.69, 9.17) is 4.99 Å². The average molecular weight is 227 g/mol. The highest BCUT2D eigenvalue weighted by atomic mass is 14.8. The normalized spacial score (nSPS) is 20.6. The zero-order valence-corrected chi connectivity index (χ0v) is 11.1. The van der Waals surface area contributed by atoms with E-state index in [0.29, 0.717) is 0 Å². The molecule has 2 rings (SSSR count). The number of nitrogens with zero attached hydrogens (tertiary/aromatic N) is 1. The van der Waals surface area contributed by atoms with Crippen molar-refractivity contribution in [2.45, 2.75) is 46.5 Å². The SMILES string of the molecule is C=CC1=CC(C2=C(C)CC(C)=N2)=C(CC)CC1. The summed E-state index contributed by atoms with van der Waals surface area (Å²) in [5, 5.41) is 0. The molecule has 0 saturated heterocycles. The molecule has 1 aliphatic heterocycles. The van der Waals surface area contributed by atoms with E-state index in [0.717, 1.165) is 25.7 Å². The van der Waals surface area contributed by atoms with Crippen molar-refractivity contribution in [3.63, 3.8) is 0 Å². The first-order valence-corrected chi connectivity index (χ1v) is 6.45. The second kappa shape index (κ2) is 4.87. The molecular formula is C16H21N. The maximum atomic E-state index is 4.72. The molecule has 0 radical (unpaired) electrons. The smallest absolute Gasteiger partial charge is 0.0694 e. The van der Waals surface area contributed by atoms with Crippen LogP contribution in [0.4, 0.5) is 0 Å². The van der Waals surface area contributed by atoms with Gasteiger partial charge in [0.2, 0.25) is 0 Å². The minimum Gasteiger partial charge on any atom is -0.257 e. The van der Waals surface area contributed by atoms with Crippen LogP contribution in [0, 0.1) is 0 Å². The summed E-state index contributed by atoms with van der Waals surface area (Å²) in [6.07, 6.45) is 8.72. The standard InChI is InChI=1S/C16H21N/c1-5-13-7-8-14(6-2)15(10-13)16-11(3)9-12(4)17-16/h5,10H,1,6-9H2,2-4H3. The predicted molar refractivity (Wildman–Crippen MR) is 75.3 cm³/mol. The second-order valence-corrected chi connectivity index (χ2v) is 4.95. The monoisotopic (exact) mass is 227 g/mol. The summed E-state index contributed by atoms with van der Waals surface area (Å²) >= 11 is 0. The van der Waals surface area contributed by atoms with Crippen LogP contribution >= 0.6 is 0 Å². The van der Waals surface area contributed by atoms with Gasteiger partial charge in [-0.3, -0.25) is 4.99 Å². The molecule has 0 bridgehead atoms. The van der Waals surface area contributed by atoms with E-state index in [1.165, 1.54) is 28.1 Å². The average Bonchev–Trinajstić information content (AvgIpc) is 2.67. The summed E-state index contributed by atoms with van der Waals surface area (Å²) in [5.41, 5.74) is 8.12. The van der Waals surface area contributed by atoms with Gasteiger partial charge in [0.15, 0.2) is 0 Å². The van der Waals surface area contributed by atoms with Crippen molar-refractivity contribution in [1.29, 1.82) is 0 Å². The molecule has 0 N–H and O–H groups in total. The van der Waals surface area contributed by atoms with Gasteiger partial charge in [0, 0.05) is 12.1 Å². The molecule has 0 unspecified atom stereocenters. The van der Waals surface area contributed by atoms with Gasteiger partial charge in [0.25, 0.3) is 0 Å². The van der Waals surface area contributed by atoms with Crippen LogP contribution in [0.5, 0.6) is 0 Å². The van der Waals surface area contributed by atoms with Crippen molar-refractivity contribution >= 4 is 5.71 Å². The van der Waals surface area contributed by atoms with Crippen LogP contribution in [-0.2, 0) is 0 Å². The van der Waals surface area contributed by atoms with E-state index in [1.54, 1.807) is 5.57 Å². The molecule has 2 aliphatic rings. The molecule has 1 heteroatoms. The van der Waals surface area contributed by atoms with Crippen molar-refractivity contribution < 1.29 is 0 Å². The first-order valence-electron chi connectivity index (χ1n) is 6.45. The summed E-state index contributed by atoms with van der Waals surface area (Å²) in [4.78, 5) is 4.72. The van der Waals surface area contributed by atoms with Gasteiger partial charge in [0.05, 0.1) is 5.70 Å². The van der Waals surface area contributed by atoms with E-state index in [-0.39, 0.29) is 0 Å². The molecule has 0 atom stereocenters. The van der Waals surface area contributed by atoms with Crippen molar-refractivity contribution in [1.82, 2.24) is 0 Å². The zero-order chi connectivity index (χ0) is 12.4. The molecular weight excluding hydrogens is 206 g/mol. The van der Waals surface area contributed by atoms with Gasteiger partial charge < -0.3 is 0 Å². The molecule has 90 valence electrons. The molecule has 1 nitrogen and oxygen atoms in total. The summed E-state index contributed by atoms with van der Waals surface area (Å²) < 4.78 is 0. The molecule has 0 aromatic heterocycles. The molecule has 0 saturated carbocycles. The summed E-state index contributed by atoms with van der Waals surface area (Å²) in [5.74, 6) is 0.